The van der Waals surface area contributed by atoms with E-state index in [0.717, 1.165) is 17.7 Å². The molecular formula is C18H21N3O4. The van der Waals surface area contributed by atoms with Crippen LogP contribution >= 0.6 is 0 Å². The third kappa shape index (κ3) is 3.35. The fraction of sp³-hybridized carbons (Fsp3) is 0.389. The van der Waals surface area contributed by atoms with Crippen molar-refractivity contribution in [3.63, 3.8) is 0 Å². The molecule has 3 rings (SSSR count). The molecule has 7 nitrogen and oxygen atoms in total. The molecule has 0 bridgehead atoms. The maximum absolute atomic E-state index is 12.4. The number of aliphatic carboxylic acids is 1. The van der Waals surface area contributed by atoms with Gasteiger partial charge >= 0.3 is 5.97 Å². The Morgan fingerprint density at radius 1 is 1.40 bits per heavy atom. The van der Waals surface area contributed by atoms with E-state index in [1.54, 1.807) is 21.0 Å². The number of ether oxygens (including phenoxy) is 1. The fourth-order valence-electron chi connectivity index (χ4n) is 2.75. The van der Waals surface area contributed by atoms with Crippen LogP contribution in [0.2, 0.25) is 0 Å². The summed E-state index contributed by atoms with van der Waals surface area (Å²) in [5.74, 6) is -0.210. The highest BCUT2D eigenvalue weighted by Crippen LogP contribution is 2.48. The molecule has 2 unspecified atom stereocenters. The standard InChI is InChI=1S/C18H21N3O4/c1-18(2,17(23)24)21-10-12(9-19-21)20-16(22)15-8-14(15)11-5-4-6-13(7-11)25-3/h4-7,9-10,14-15H,8H2,1-3H3,(H,20,22)(H,23,24). The van der Waals surface area contributed by atoms with Crippen LogP contribution in [0.15, 0.2) is 36.7 Å². The van der Waals surface area contributed by atoms with E-state index in [0.29, 0.717) is 5.69 Å². The molecule has 1 saturated carbocycles. The average Bonchev–Trinajstić information content (AvgIpc) is 3.26. The topological polar surface area (TPSA) is 93.5 Å². The molecule has 1 aliphatic rings. The first-order valence-electron chi connectivity index (χ1n) is 8.06. The van der Waals surface area contributed by atoms with Crippen molar-refractivity contribution in [2.75, 3.05) is 12.4 Å². The van der Waals surface area contributed by atoms with Gasteiger partial charge in [0.05, 0.1) is 19.0 Å². The summed E-state index contributed by atoms with van der Waals surface area (Å²) >= 11 is 0. The van der Waals surface area contributed by atoms with Crippen molar-refractivity contribution >= 4 is 17.6 Å². The van der Waals surface area contributed by atoms with E-state index in [9.17, 15) is 14.7 Å². The van der Waals surface area contributed by atoms with E-state index in [2.05, 4.69) is 10.4 Å². The van der Waals surface area contributed by atoms with Gasteiger partial charge in [-0.1, -0.05) is 12.1 Å². The monoisotopic (exact) mass is 343 g/mol. The summed E-state index contributed by atoms with van der Waals surface area (Å²) < 4.78 is 6.55. The van der Waals surface area contributed by atoms with Gasteiger partial charge in [0.2, 0.25) is 5.91 Å². The number of carboxylic acid groups (broad SMARTS) is 1. The molecule has 1 fully saturated rings. The van der Waals surface area contributed by atoms with Gasteiger partial charge in [-0.3, -0.25) is 9.48 Å². The minimum absolute atomic E-state index is 0.0829. The second-order valence-electron chi connectivity index (χ2n) is 6.75. The summed E-state index contributed by atoms with van der Waals surface area (Å²) in [6, 6.07) is 7.73. The molecule has 2 N–H and O–H groups in total. The molecule has 1 aromatic heterocycles. The first-order valence-corrected chi connectivity index (χ1v) is 8.06. The van der Waals surface area contributed by atoms with Crippen molar-refractivity contribution in [2.24, 2.45) is 5.92 Å². The Morgan fingerprint density at radius 2 is 2.16 bits per heavy atom. The lowest BCUT2D eigenvalue weighted by Gasteiger charge is -2.19. The molecule has 0 spiro atoms. The molecule has 0 radical (unpaired) electrons. The van der Waals surface area contributed by atoms with Crippen molar-refractivity contribution in [3.05, 3.63) is 42.2 Å². The molecule has 0 saturated heterocycles. The lowest BCUT2D eigenvalue weighted by molar-refractivity contribution is -0.146. The summed E-state index contributed by atoms with van der Waals surface area (Å²) in [5.41, 5.74) is 0.406. The summed E-state index contributed by atoms with van der Waals surface area (Å²) in [4.78, 5) is 23.7. The van der Waals surface area contributed by atoms with Crippen LogP contribution in [0.4, 0.5) is 5.69 Å². The zero-order valence-electron chi connectivity index (χ0n) is 14.4. The number of carbonyl (C=O) groups is 2. The number of hydrogen-bond donors (Lipinski definition) is 2. The van der Waals surface area contributed by atoms with Gasteiger partial charge in [0.1, 0.15) is 5.75 Å². The maximum atomic E-state index is 12.4. The van der Waals surface area contributed by atoms with E-state index in [-0.39, 0.29) is 17.7 Å². The van der Waals surface area contributed by atoms with Crippen molar-refractivity contribution in [1.29, 1.82) is 0 Å². The molecule has 1 aliphatic carbocycles. The lowest BCUT2D eigenvalue weighted by Crippen LogP contribution is -2.35. The molecular weight excluding hydrogens is 322 g/mol. The molecule has 1 amide bonds. The predicted octanol–water partition coefficient (Wildman–Crippen LogP) is 2.45. The van der Waals surface area contributed by atoms with Crippen LogP contribution < -0.4 is 10.1 Å². The second-order valence-corrected chi connectivity index (χ2v) is 6.75. The fourth-order valence-corrected chi connectivity index (χ4v) is 2.75. The Morgan fingerprint density at radius 3 is 2.84 bits per heavy atom. The van der Waals surface area contributed by atoms with Crippen LogP contribution in [0, 0.1) is 5.92 Å². The number of carboxylic acids is 1. The van der Waals surface area contributed by atoms with Crippen LogP contribution in [-0.4, -0.2) is 33.9 Å². The van der Waals surface area contributed by atoms with Gasteiger partial charge in [0.25, 0.3) is 0 Å². The van der Waals surface area contributed by atoms with Gasteiger partial charge in [-0.25, -0.2) is 4.79 Å². The number of nitrogens with zero attached hydrogens (tertiary/aromatic N) is 2. The van der Waals surface area contributed by atoms with Gasteiger partial charge in [0.15, 0.2) is 5.54 Å². The number of carbonyl (C=O) groups excluding carboxylic acids is 1. The Bertz CT molecular complexity index is 812. The van der Waals surface area contributed by atoms with Crippen LogP contribution in [-0.2, 0) is 15.1 Å². The first kappa shape index (κ1) is 17.0. The molecule has 2 aromatic rings. The van der Waals surface area contributed by atoms with Crippen molar-refractivity contribution in [1.82, 2.24) is 9.78 Å². The summed E-state index contributed by atoms with van der Waals surface area (Å²) in [6.07, 6.45) is 3.79. The van der Waals surface area contributed by atoms with E-state index in [1.807, 2.05) is 24.3 Å². The highest BCUT2D eigenvalue weighted by atomic mass is 16.5. The normalized spacial score (nSPS) is 19.3. The van der Waals surface area contributed by atoms with Gasteiger partial charge in [-0.2, -0.15) is 5.10 Å². The highest BCUT2D eigenvalue weighted by Gasteiger charge is 2.44. The highest BCUT2D eigenvalue weighted by molar-refractivity contribution is 5.95. The SMILES string of the molecule is COc1cccc(C2CC2C(=O)Nc2cnn(C(C)(C)C(=O)O)c2)c1. The molecule has 132 valence electrons. The van der Waals surface area contributed by atoms with Crippen molar-refractivity contribution < 1.29 is 19.4 Å². The van der Waals surface area contributed by atoms with E-state index < -0.39 is 11.5 Å². The molecule has 0 aliphatic heterocycles. The quantitative estimate of drug-likeness (QED) is 0.840. The van der Waals surface area contributed by atoms with Gasteiger partial charge < -0.3 is 15.2 Å². The smallest absolute Gasteiger partial charge is 0.331 e. The molecule has 2 atom stereocenters. The van der Waals surface area contributed by atoms with E-state index in [1.165, 1.54) is 17.1 Å². The number of nitrogens with one attached hydrogen (secondary N) is 1. The average molecular weight is 343 g/mol. The number of benzene rings is 1. The zero-order chi connectivity index (χ0) is 18.2. The number of rotatable bonds is 6. The summed E-state index contributed by atoms with van der Waals surface area (Å²) in [5, 5.41) is 16.1. The molecule has 25 heavy (non-hydrogen) atoms. The van der Waals surface area contributed by atoms with Gasteiger partial charge in [-0.15, -0.1) is 0 Å². The summed E-state index contributed by atoms with van der Waals surface area (Å²) in [6.45, 7) is 3.10. The predicted molar refractivity (Wildman–Crippen MR) is 91.7 cm³/mol. The maximum Gasteiger partial charge on any atom is 0.331 e. The van der Waals surface area contributed by atoms with Gasteiger partial charge in [-0.05, 0) is 43.9 Å². The molecule has 7 heteroatoms. The van der Waals surface area contributed by atoms with E-state index in [4.69, 9.17) is 4.74 Å². The number of aromatic nitrogens is 2. The largest absolute Gasteiger partial charge is 0.497 e. The Hall–Kier alpha value is -2.83. The number of anilines is 1. The number of methoxy groups -OCH3 is 1. The lowest BCUT2D eigenvalue weighted by atomic mass is 10.1. The van der Waals surface area contributed by atoms with Gasteiger partial charge in [0, 0.05) is 12.1 Å². The summed E-state index contributed by atoms with van der Waals surface area (Å²) in [7, 11) is 1.62. The minimum atomic E-state index is -1.17. The van der Waals surface area contributed by atoms with Crippen LogP contribution in [0.25, 0.3) is 0 Å². The first-order chi connectivity index (χ1) is 11.8. The Balaban J connectivity index is 1.64. The van der Waals surface area contributed by atoms with Crippen molar-refractivity contribution in [2.45, 2.75) is 31.7 Å². The molecule has 1 heterocycles. The number of hydrogen-bond acceptors (Lipinski definition) is 4. The Labute approximate surface area is 145 Å². The molecule has 1 aromatic carbocycles. The van der Waals surface area contributed by atoms with E-state index >= 15 is 0 Å². The van der Waals surface area contributed by atoms with Crippen LogP contribution in [0.1, 0.15) is 31.7 Å². The Kier molecular flexibility index (Phi) is 4.24. The number of amides is 1. The zero-order valence-corrected chi connectivity index (χ0v) is 14.4. The third-order valence-electron chi connectivity index (χ3n) is 4.60. The minimum Gasteiger partial charge on any atom is -0.497 e. The van der Waals surface area contributed by atoms with Crippen molar-refractivity contribution in [3.8, 4) is 5.75 Å². The second kappa shape index (κ2) is 6.23. The third-order valence-corrected chi connectivity index (χ3v) is 4.60. The van der Waals surface area contributed by atoms with Crippen LogP contribution in [0.5, 0.6) is 5.75 Å². The van der Waals surface area contributed by atoms with Crippen LogP contribution in [0.3, 0.4) is 0 Å².